The van der Waals surface area contributed by atoms with Crippen LogP contribution in [-0.4, -0.2) is 69.4 Å². The molecule has 10 heteroatoms. The smallest absolute Gasteiger partial charge is 0.306 e. The van der Waals surface area contributed by atoms with Gasteiger partial charge in [0.2, 0.25) is 5.91 Å². The molecule has 0 spiro atoms. The molecule has 0 aromatic rings. The van der Waals surface area contributed by atoms with Gasteiger partial charge in [0.15, 0.2) is 0 Å². The molecule has 386 valence electrons. The number of phosphoric ester groups is 1. The van der Waals surface area contributed by atoms with Gasteiger partial charge in [-0.2, -0.15) is 0 Å². The zero-order valence-electron chi connectivity index (χ0n) is 43.9. The van der Waals surface area contributed by atoms with Crippen LogP contribution in [0.4, 0.5) is 0 Å². The van der Waals surface area contributed by atoms with E-state index in [9.17, 15) is 19.0 Å². The molecule has 0 aliphatic carbocycles. The Balaban J connectivity index is 5.40. The van der Waals surface area contributed by atoms with Crippen LogP contribution in [0.2, 0.25) is 0 Å². The van der Waals surface area contributed by atoms with E-state index in [2.05, 4.69) is 62.5 Å². The molecule has 66 heavy (non-hydrogen) atoms. The fourth-order valence-electron chi connectivity index (χ4n) is 7.70. The number of rotatable bonds is 49. The third-order valence-corrected chi connectivity index (χ3v) is 13.0. The monoisotopic (exact) mass is 949 g/mol. The third-order valence-electron chi connectivity index (χ3n) is 12.0. The van der Waals surface area contributed by atoms with Crippen molar-refractivity contribution in [1.29, 1.82) is 0 Å². The summed E-state index contributed by atoms with van der Waals surface area (Å²) in [5.74, 6) is -0.564. The van der Waals surface area contributed by atoms with Crippen LogP contribution in [0.15, 0.2) is 48.6 Å². The molecule has 0 heterocycles. The molecule has 9 nitrogen and oxygen atoms in total. The fraction of sp³-hybridized carbons (Fsp3) is 0.821. The molecule has 0 bridgehead atoms. The van der Waals surface area contributed by atoms with Crippen molar-refractivity contribution in [3.8, 4) is 0 Å². The van der Waals surface area contributed by atoms with Gasteiger partial charge < -0.3 is 28.5 Å². The minimum atomic E-state index is -4.69. The molecule has 0 aromatic carbocycles. The zero-order valence-corrected chi connectivity index (χ0v) is 44.8. The summed E-state index contributed by atoms with van der Waals surface area (Å²) in [5.41, 5.74) is 0. The number of hydrogen-bond donors (Lipinski definition) is 1. The number of likely N-dealkylation sites (N-methyl/N-ethyl adjacent to an activating group) is 1. The molecule has 0 aromatic heterocycles. The first kappa shape index (κ1) is 64.0. The molecule has 0 fully saturated rings. The van der Waals surface area contributed by atoms with Gasteiger partial charge in [-0.15, -0.1) is 0 Å². The van der Waals surface area contributed by atoms with Crippen molar-refractivity contribution in [2.24, 2.45) is 0 Å². The first-order chi connectivity index (χ1) is 31.9. The van der Waals surface area contributed by atoms with Gasteiger partial charge in [-0.1, -0.05) is 211 Å². The van der Waals surface area contributed by atoms with Gasteiger partial charge >= 0.3 is 5.97 Å². The Hall–Kier alpha value is -2.03. The molecule has 1 N–H and O–H groups in total. The average molecular weight is 949 g/mol. The third kappa shape index (κ3) is 47.1. The summed E-state index contributed by atoms with van der Waals surface area (Å²) in [5, 5.41) is 3.00. The Morgan fingerprint density at radius 1 is 0.530 bits per heavy atom. The number of nitrogens with zero attached hydrogens (tertiary/aromatic N) is 1. The molecule has 0 aliphatic rings. The van der Waals surface area contributed by atoms with Crippen LogP contribution < -0.4 is 10.2 Å². The number of allylic oxidation sites excluding steroid dienone is 7. The molecule has 0 rings (SSSR count). The van der Waals surface area contributed by atoms with Crippen molar-refractivity contribution in [3.63, 3.8) is 0 Å². The maximum atomic E-state index is 13.4. The van der Waals surface area contributed by atoms with Gasteiger partial charge in [0.05, 0.1) is 33.8 Å². The number of quaternary nitrogens is 1. The number of carbonyl (C=O) groups excluding carboxylic acids is 2. The summed E-state index contributed by atoms with van der Waals surface area (Å²) in [4.78, 5) is 39.7. The van der Waals surface area contributed by atoms with Gasteiger partial charge in [0, 0.05) is 12.8 Å². The van der Waals surface area contributed by atoms with Gasteiger partial charge in [-0.3, -0.25) is 14.2 Å². The molecule has 0 saturated carbocycles. The minimum Gasteiger partial charge on any atom is -0.756 e. The highest BCUT2D eigenvalue weighted by Crippen LogP contribution is 2.38. The number of nitrogens with one attached hydrogen (secondary N) is 1. The molecule has 3 unspecified atom stereocenters. The molecule has 1 amide bonds. The van der Waals surface area contributed by atoms with E-state index in [1.807, 2.05) is 33.3 Å². The van der Waals surface area contributed by atoms with Crippen molar-refractivity contribution in [2.45, 2.75) is 258 Å². The largest absolute Gasteiger partial charge is 0.756 e. The van der Waals surface area contributed by atoms with Crippen LogP contribution in [0.1, 0.15) is 245 Å². The highest BCUT2D eigenvalue weighted by Gasteiger charge is 2.27. The topological polar surface area (TPSA) is 114 Å². The maximum Gasteiger partial charge on any atom is 0.306 e. The molecule has 3 atom stereocenters. The SMILES string of the molecule is CCCCC/C=C\C/C=C\C/C=C\CCCCCCC(=O)NC(COP(=O)([O-])OCC[N+](C)(C)C)C(/C=C\CCCCCCCCCCCC)OC(=O)CCCCCCCCCCCCC. The lowest BCUT2D eigenvalue weighted by Gasteiger charge is -2.30. The van der Waals surface area contributed by atoms with Crippen LogP contribution in [0.25, 0.3) is 0 Å². The Morgan fingerprint density at radius 2 is 0.924 bits per heavy atom. The lowest BCUT2D eigenvalue weighted by molar-refractivity contribution is -0.870. The molecule has 0 saturated heterocycles. The van der Waals surface area contributed by atoms with E-state index in [0.29, 0.717) is 23.9 Å². The fourth-order valence-corrected chi connectivity index (χ4v) is 8.43. The number of amides is 1. The van der Waals surface area contributed by atoms with Crippen LogP contribution in [0.3, 0.4) is 0 Å². The number of hydrogen-bond acceptors (Lipinski definition) is 7. The van der Waals surface area contributed by atoms with Crippen molar-refractivity contribution in [3.05, 3.63) is 48.6 Å². The van der Waals surface area contributed by atoms with Gasteiger partial charge in [0.1, 0.15) is 19.3 Å². The second-order valence-electron chi connectivity index (χ2n) is 19.7. The van der Waals surface area contributed by atoms with Crippen molar-refractivity contribution in [1.82, 2.24) is 5.32 Å². The Bertz CT molecular complexity index is 1280. The van der Waals surface area contributed by atoms with E-state index in [1.165, 1.54) is 128 Å². The van der Waals surface area contributed by atoms with Crippen LogP contribution in [-0.2, 0) is 27.9 Å². The summed E-state index contributed by atoms with van der Waals surface area (Å²) < 4.78 is 30.1. The van der Waals surface area contributed by atoms with E-state index in [4.69, 9.17) is 13.8 Å². The van der Waals surface area contributed by atoms with Crippen molar-refractivity contribution >= 4 is 19.7 Å². The van der Waals surface area contributed by atoms with Crippen molar-refractivity contribution in [2.75, 3.05) is 40.9 Å². The molecular weight excluding hydrogens is 844 g/mol. The van der Waals surface area contributed by atoms with Gasteiger partial charge in [-0.25, -0.2) is 0 Å². The molecular formula is C56H105N2O7P. The van der Waals surface area contributed by atoms with Gasteiger partial charge in [-0.05, 0) is 70.3 Å². The van der Waals surface area contributed by atoms with E-state index in [0.717, 1.165) is 77.0 Å². The van der Waals surface area contributed by atoms with E-state index in [-0.39, 0.29) is 24.9 Å². The number of carbonyl (C=O) groups is 2. The van der Waals surface area contributed by atoms with Crippen LogP contribution >= 0.6 is 7.82 Å². The Labute approximate surface area is 408 Å². The Kier molecular flexibility index (Phi) is 45.3. The summed E-state index contributed by atoms with van der Waals surface area (Å²) in [6.45, 7) is 6.78. The second kappa shape index (κ2) is 46.7. The minimum absolute atomic E-state index is 0.0264. The number of ether oxygens (including phenoxy) is 1. The summed E-state index contributed by atoms with van der Waals surface area (Å²) in [7, 11) is 1.17. The summed E-state index contributed by atoms with van der Waals surface area (Å²) >= 11 is 0. The standard InChI is InChI=1S/C56H105N2O7P/c1-7-10-13-16-19-22-25-27-28-29-30-31-34-36-39-42-45-48-55(59)57-53(52-64-66(61,62)63-51-50-58(4,5)6)54(47-44-41-38-35-33-26-23-20-17-14-11-8-2)65-56(60)49-46-43-40-37-32-24-21-18-15-12-9-3/h19,22,27-28,30-31,44,47,53-54H,7-18,20-21,23-26,29,32-43,45-46,48-52H2,1-6H3,(H-,57,59,61,62)/b22-19-,28-27-,31-30-,47-44-. The first-order valence-corrected chi connectivity index (χ1v) is 28.9. The molecule has 0 radical (unpaired) electrons. The maximum absolute atomic E-state index is 13.4. The van der Waals surface area contributed by atoms with E-state index in [1.54, 1.807) is 0 Å². The zero-order chi connectivity index (χ0) is 48.7. The number of phosphoric acid groups is 1. The lowest BCUT2D eigenvalue weighted by Crippen LogP contribution is -2.47. The van der Waals surface area contributed by atoms with Crippen LogP contribution in [0.5, 0.6) is 0 Å². The van der Waals surface area contributed by atoms with Crippen LogP contribution in [0, 0.1) is 0 Å². The molecule has 0 aliphatic heterocycles. The second-order valence-corrected chi connectivity index (χ2v) is 21.1. The van der Waals surface area contributed by atoms with Crippen molar-refractivity contribution < 1.29 is 37.3 Å². The highest BCUT2D eigenvalue weighted by atomic mass is 31.2. The Morgan fingerprint density at radius 3 is 1.41 bits per heavy atom. The van der Waals surface area contributed by atoms with Gasteiger partial charge in [0.25, 0.3) is 7.82 Å². The average Bonchev–Trinajstić information content (AvgIpc) is 3.27. The van der Waals surface area contributed by atoms with E-state index < -0.39 is 26.6 Å². The van der Waals surface area contributed by atoms with E-state index >= 15 is 0 Å². The predicted molar refractivity (Wildman–Crippen MR) is 279 cm³/mol. The predicted octanol–water partition coefficient (Wildman–Crippen LogP) is 15.5. The number of esters is 1. The summed E-state index contributed by atoms with van der Waals surface area (Å²) in [6, 6.07) is -0.895. The number of unbranched alkanes of at least 4 members (excludes halogenated alkanes) is 27. The lowest BCUT2D eigenvalue weighted by atomic mass is 10.0. The normalized spacial score (nSPS) is 14.2. The highest BCUT2D eigenvalue weighted by molar-refractivity contribution is 7.45. The first-order valence-electron chi connectivity index (χ1n) is 27.4. The quantitative estimate of drug-likeness (QED) is 0.0212. The summed E-state index contributed by atoms with van der Waals surface area (Å²) in [6.07, 6.45) is 55.0.